The van der Waals surface area contributed by atoms with Crippen LogP contribution in [0.5, 0.6) is 0 Å². The summed E-state index contributed by atoms with van der Waals surface area (Å²) in [6, 6.07) is 0. The number of piperidine rings is 1. The van der Waals surface area contributed by atoms with E-state index in [0.717, 1.165) is 0 Å². The summed E-state index contributed by atoms with van der Waals surface area (Å²) in [6.45, 7) is 3.76. The molecule has 13 heavy (non-hydrogen) atoms. The van der Waals surface area contributed by atoms with Crippen LogP contribution >= 0.6 is 24.8 Å². The van der Waals surface area contributed by atoms with Gasteiger partial charge in [0.15, 0.2) is 0 Å². The van der Waals surface area contributed by atoms with E-state index in [9.17, 15) is 0 Å². The number of nitrogens with one attached hydrogen (secondary N) is 1. The predicted octanol–water partition coefficient (Wildman–Crippen LogP) is 1.68. The van der Waals surface area contributed by atoms with Crippen LogP contribution in [0, 0.1) is 0 Å². The molecule has 2 heterocycles. The number of nitrogens with zero attached hydrogens (tertiary/aromatic N) is 1. The minimum atomic E-state index is 0. The summed E-state index contributed by atoms with van der Waals surface area (Å²) in [4.78, 5) is 2.55. The van der Waals surface area contributed by atoms with Crippen molar-refractivity contribution in [2.75, 3.05) is 26.7 Å². The van der Waals surface area contributed by atoms with E-state index < -0.39 is 0 Å². The molecule has 80 valence electrons. The molecule has 2 rings (SSSR count). The summed E-state index contributed by atoms with van der Waals surface area (Å²) in [6.07, 6.45) is 5.59. The van der Waals surface area contributed by atoms with E-state index in [2.05, 4.69) is 17.3 Å². The van der Waals surface area contributed by atoms with E-state index in [0.29, 0.717) is 5.54 Å². The fraction of sp³-hybridized carbons (Fsp3) is 1.00. The van der Waals surface area contributed by atoms with Crippen molar-refractivity contribution in [3.05, 3.63) is 0 Å². The van der Waals surface area contributed by atoms with E-state index in [1.807, 2.05) is 0 Å². The molecule has 0 saturated carbocycles. The molecule has 2 saturated heterocycles. The van der Waals surface area contributed by atoms with Crippen molar-refractivity contribution in [2.45, 2.75) is 31.2 Å². The minimum Gasteiger partial charge on any atom is -0.315 e. The first-order chi connectivity index (χ1) is 5.33. The summed E-state index contributed by atoms with van der Waals surface area (Å²) in [7, 11) is 2.28. The van der Waals surface area contributed by atoms with E-state index >= 15 is 0 Å². The second kappa shape index (κ2) is 5.40. The third-order valence-corrected chi connectivity index (χ3v) is 3.40. The molecule has 0 aromatic heterocycles. The van der Waals surface area contributed by atoms with Crippen LogP contribution < -0.4 is 5.32 Å². The van der Waals surface area contributed by atoms with Crippen molar-refractivity contribution in [3.8, 4) is 0 Å². The van der Waals surface area contributed by atoms with E-state index in [1.54, 1.807) is 0 Å². The van der Waals surface area contributed by atoms with Crippen LogP contribution in [0.1, 0.15) is 25.7 Å². The summed E-state index contributed by atoms with van der Waals surface area (Å²) >= 11 is 0. The molecule has 2 nitrogen and oxygen atoms in total. The lowest BCUT2D eigenvalue weighted by molar-refractivity contribution is 0.134. The van der Waals surface area contributed by atoms with Crippen LogP contribution in [-0.2, 0) is 0 Å². The fourth-order valence-corrected chi connectivity index (χ4v) is 2.56. The SMILES string of the molecule is CN1CCCC12CCCNC2.Cl.Cl. The fourth-order valence-electron chi connectivity index (χ4n) is 2.56. The maximum absolute atomic E-state index is 3.51. The average Bonchev–Trinajstić information content (AvgIpc) is 2.36. The van der Waals surface area contributed by atoms with Gasteiger partial charge in [-0.05, 0) is 45.8 Å². The van der Waals surface area contributed by atoms with Gasteiger partial charge in [-0.3, -0.25) is 4.90 Å². The highest BCUT2D eigenvalue weighted by molar-refractivity contribution is 5.85. The highest BCUT2D eigenvalue weighted by Crippen LogP contribution is 2.32. The molecule has 4 heteroatoms. The third kappa shape index (κ3) is 2.50. The smallest absolute Gasteiger partial charge is 0.0331 e. The molecule has 1 unspecified atom stereocenters. The first-order valence-electron chi connectivity index (χ1n) is 4.75. The molecular weight excluding hydrogens is 207 g/mol. The van der Waals surface area contributed by atoms with Gasteiger partial charge in [0.05, 0.1) is 0 Å². The van der Waals surface area contributed by atoms with Crippen molar-refractivity contribution < 1.29 is 0 Å². The van der Waals surface area contributed by atoms with Gasteiger partial charge in [-0.25, -0.2) is 0 Å². The molecule has 0 radical (unpaired) electrons. The van der Waals surface area contributed by atoms with Gasteiger partial charge in [-0.15, -0.1) is 24.8 Å². The van der Waals surface area contributed by atoms with Crippen LogP contribution in [0.25, 0.3) is 0 Å². The molecule has 0 aliphatic carbocycles. The van der Waals surface area contributed by atoms with Gasteiger partial charge >= 0.3 is 0 Å². The summed E-state index contributed by atoms with van der Waals surface area (Å²) in [5, 5.41) is 3.51. The van der Waals surface area contributed by atoms with Gasteiger partial charge in [0.25, 0.3) is 0 Å². The Morgan fingerprint density at radius 2 is 1.85 bits per heavy atom. The van der Waals surface area contributed by atoms with Gasteiger partial charge in [0.1, 0.15) is 0 Å². The molecule has 2 aliphatic rings. The lowest BCUT2D eigenvalue weighted by atomic mass is 9.88. The normalized spacial score (nSPS) is 33.9. The first kappa shape index (κ1) is 13.5. The number of halogens is 2. The number of likely N-dealkylation sites (N-methyl/N-ethyl adjacent to an activating group) is 1. The van der Waals surface area contributed by atoms with Crippen molar-refractivity contribution in [1.29, 1.82) is 0 Å². The Morgan fingerprint density at radius 3 is 2.31 bits per heavy atom. The second-order valence-corrected chi connectivity index (χ2v) is 4.03. The Balaban J connectivity index is 0.000000720. The highest BCUT2D eigenvalue weighted by Gasteiger charge is 2.38. The maximum atomic E-state index is 3.51. The average molecular weight is 227 g/mol. The van der Waals surface area contributed by atoms with Crippen LogP contribution in [0.3, 0.4) is 0 Å². The molecule has 0 amide bonds. The largest absolute Gasteiger partial charge is 0.315 e. The Labute approximate surface area is 93.3 Å². The third-order valence-electron chi connectivity index (χ3n) is 3.40. The van der Waals surface area contributed by atoms with Gasteiger partial charge in [0.2, 0.25) is 0 Å². The van der Waals surface area contributed by atoms with Gasteiger partial charge in [-0.1, -0.05) is 0 Å². The van der Waals surface area contributed by atoms with E-state index in [4.69, 9.17) is 0 Å². The summed E-state index contributed by atoms with van der Waals surface area (Å²) in [5.41, 5.74) is 0.554. The van der Waals surface area contributed by atoms with Crippen LogP contribution in [-0.4, -0.2) is 37.1 Å². The molecule has 2 aliphatic heterocycles. The first-order valence-corrected chi connectivity index (χ1v) is 4.75. The van der Waals surface area contributed by atoms with Crippen molar-refractivity contribution in [1.82, 2.24) is 10.2 Å². The zero-order valence-corrected chi connectivity index (χ0v) is 9.85. The molecule has 2 fully saturated rings. The van der Waals surface area contributed by atoms with Crippen LogP contribution in [0.4, 0.5) is 0 Å². The van der Waals surface area contributed by atoms with Crippen LogP contribution in [0.2, 0.25) is 0 Å². The number of rotatable bonds is 0. The Morgan fingerprint density at radius 1 is 1.15 bits per heavy atom. The van der Waals surface area contributed by atoms with Crippen molar-refractivity contribution >= 4 is 24.8 Å². The second-order valence-electron chi connectivity index (χ2n) is 4.03. The standard InChI is InChI=1S/C9H18N2.2ClH/c1-11-7-3-5-9(11)4-2-6-10-8-9;;/h10H,2-8H2,1H3;2*1H. The molecule has 1 spiro atoms. The Bertz CT molecular complexity index is 147. The molecule has 1 N–H and O–H groups in total. The predicted molar refractivity (Wildman–Crippen MR) is 61.2 cm³/mol. The molecule has 0 bridgehead atoms. The number of hydrogen-bond donors (Lipinski definition) is 1. The summed E-state index contributed by atoms with van der Waals surface area (Å²) < 4.78 is 0. The molecule has 0 aromatic rings. The van der Waals surface area contributed by atoms with Gasteiger partial charge in [-0.2, -0.15) is 0 Å². The van der Waals surface area contributed by atoms with Crippen molar-refractivity contribution in [2.24, 2.45) is 0 Å². The van der Waals surface area contributed by atoms with Gasteiger partial charge in [0, 0.05) is 12.1 Å². The topological polar surface area (TPSA) is 15.3 Å². The number of likely N-dealkylation sites (tertiary alicyclic amines) is 1. The van der Waals surface area contributed by atoms with Gasteiger partial charge < -0.3 is 5.32 Å². The van der Waals surface area contributed by atoms with Crippen molar-refractivity contribution in [3.63, 3.8) is 0 Å². The zero-order chi connectivity index (χ0) is 7.73. The number of hydrogen-bond acceptors (Lipinski definition) is 2. The Hall–Kier alpha value is 0.500. The molecule has 0 aromatic carbocycles. The highest BCUT2D eigenvalue weighted by atomic mass is 35.5. The lowest BCUT2D eigenvalue weighted by Crippen LogP contribution is -2.52. The lowest BCUT2D eigenvalue weighted by Gasteiger charge is -2.39. The van der Waals surface area contributed by atoms with E-state index in [-0.39, 0.29) is 24.8 Å². The summed E-state index contributed by atoms with van der Waals surface area (Å²) in [5.74, 6) is 0. The monoisotopic (exact) mass is 226 g/mol. The Kier molecular flexibility index (Phi) is 5.61. The van der Waals surface area contributed by atoms with Crippen LogP contribution in [0.15, 0.2) is 0 Å². The van der Waals surface area contributed by atoms with E-state index in [1.165, 1.54) is 45.3 Å². The quantitative estimate of drug-likeness (QED) is 0.677. The maximum Gasteiger partial charge on any atom is 0.0331 e. The zero-order valence-electron chi connectivity index (χ0n) is 8.21. The molecular formula is C9H20Cl2N2. The molecule has 1 atom stereocenters. The minimum absolute atomic E-state index is 0.